The lowest BCUT2D eigenvalue weighted by molar-refractivity contribution is -0.156. The quantitative estimate of drug-likeness (QED) is 0.0686. The Kier molecular flexibility index (Phi) is 15.9. The average Bonchev–Trinajstić information content (AvgIpc) is 1.46. The maximum atomic E-state index is 14.2. The molecule has 6 N–H and O–H groups in total. The maximum absolute atomic E-state index is 14.2. The molecule has 5 saturated carbocycles. The molecule has 15 nitrogen and oxygen atoms in total. The Balaban J connectivity index is 0.000000122. The number of aromatic nitrogens is 9. The van der Waals surface area contributed by atoms with Crippen LogP contribution in [-0.4, -0.2) is 77.5 Å². The van der Waals surface area contributed by atoms with Crippen molar-refractivity contribution in [1.82, 2.24) is 44.3 Å². The van der Waals surface area contributed by atoms with E-state index in [1.165, 1.54) is 44.9 Å². The number of benzene rings is 6. The Labute approximate surface area is 578 Å². The molecule has 0 unspecified atom stereocenters. The van der Waals surface area contributed by atoms with Crippen LogP contribution in [0.15, 0.2) is 91.0 Å². The zero-order valence-corrected chi connectivity index (χ0v) is 59.2. The topological polar surface area (TPSA) is 213 Å². The molecular formula is C82H88F3N9O6. The van der Waals surface area contributed by atoms with E-state index in [9.17, 15) is 42.9 Å². The minimum absolute atomic E-state index is 0.163. The van der Waals surface area contributed by atoms with Crippen LogP contribution in [0.3, 0.4) is 0 Å². The van der Waals surface area contributed by atoms with Crippen molar-refractivity contribution >= 4 is 83.3 Å². The largest absolute Gasteiger partial charge is 0.481 e. The molecule has 6 aromatic carbocycles. The number of nitrogens with zero attached hydrogens (tertiary/aromatic N) is 6. The Morgan fingerprint density at radius 3 is 0.950 bits per heavy atom. The summed E-state index contributed by atoms with van der Waals surface area (Å²) in [4.78, 5) is 34.5. The molecule has 17 rings (SSSR count). The molecule has 0 atom stereocenters. The number of halogens is 3. The van der Waals surface area contributed by atoms with Gasteiger partial charge in [0.05, 0.1) is 50.4 Å². The Morgan fingerprint density at radius 2 is 0.700 bits per heavy atom. The molecule has 0 saturated heterocycles. The number of carbonyl (C=O) groups is 3. The maximum Gasteiger partial charge on any atom is 0.309 e. The van der Waals surface area contributed by atoms with E-state index in [1.54, 1.807) is 19.1 Å². The van der Waals surface area contributed by atoms with E-state index in [2.05, 4.69) is 122 Å². The van der Waals surface area contributed by atoms with E-state index >= 15 is 0 Å². The van der Waals surface area contributed by atoms with Gasteiger partial charge in [0.25, 0.3) is 0 Å². The zero-order valence-electron chi connectivity index (χ0n) is 59.2. The minimum Gasteiger partial charge on any atom is -0.481 e. The van der Waals surface area contributed by atoms with Crippen molar-refractivity contribution < 1.29 is 42.9 Å². The molecule has 5 aliphatic rings. The molecule has 5 fully saturated rings. The fourth-order valence-corrected chi connectivity index (χ4v) is 18.8. The lowest BCUT2D eigenvalue weighted by Crippen LogP contribution is -2.49. The number of aryl methyl sites for hydroxylation is 6. The third-order valence-electron chi connectivity index (χ3n) is 23.8. The van der Waals surface area contributed by atoms with Crippen molar-refractivity contribution in [1.29, 1.82) is 0 Å². The molecule has 0 aliphatic heterocycles. The highest BCUT2D eigenvalue weighted by atomic mass is 19.1. The van der Waals surface area contributed by atoms with Crippen LogP contribution < -0.4 is 0 Å². The summed E-state index contributed by atoms with van der Waals surface area (Å²) in [5.74, 6) is -1.31. The third-order valence-corrected chi connectivity index (χ3v) is 23.8. The molecule has 0 amide bonds. The highest BCUT2D eigenvalue weighted by Crippen LogP contribution is 2.67. The van der Waals surface area contributed by atoms with E-state index in [4.69, 9.17) is 0 Å². The van der Waals surface area contributed by atoms with Crippen LogP contribution in [0.25, 0.3) is 82.5 Å². The van der Waals surface area contributed by atoms with E-state index < -0.39 is 23.3 Å². The van der Waals surface area contributed by atoms with E-state index in [-0.39, 0.29) is 63.8 Å². The van der Waals surface area contributed by atoms with Gasteiger partial charge >= 0.3 is 17.9 Å². The number of H-pyrrole nitrogens is 3. The van der Waals surface area contributed by atoms with Crippen LogP contribution >= 0.6 is 0 Å². The van der Waals surface area contributed by atoms with Gasteiger partial charge in [-0.05, 0) is 283 Å². The molecule has 518 valence electrons. The summed E-state index contributed by atoms with van der Waals surface area (Å²) in [5, 5.41) is 58.0. The number of fused-ring (bicyclic) bond motifs is 6. The molecule has 12 aromatic rings. The van der Waals surface area contributed by atoms with Gasteiger partial charge in [-0.2, -0.15) is 15.3 Å². The molecule has 2 spiro atoms. The van der Waals surface area contributed by atoms with Crippen LogP contribution in [0.1, 0.15) is 216 Å². The highest BCUT2D eigenvalue weighted by Gasteiger charge is 2.57. The van der Waals surface area contributed by atoms with Gasteiger partial charge in [-0.25, -0.2) is 13.2 Å². The standard InChI is InChI=1S/2C28H30FN3O2.C26H28FN3O2/c2*1-14(2)26-25(17-10-28(11-17)12-18(13-28)27(33)34)21-8-23-20(16(4)30-31-23)9-24(21)32(26)19-5-6-22(29)15(3)7-19;1-13(2)24-23(16-11-26(5,12-16)25(31)32)19-9-21-18(15(4)28-29-21)10-22(19)30(24)17-6-7-20(27)14(3)8-17/h2*5-9,14,17-18H,10-13H2,1-4H3,(H,30,31)(H,33,34);6-10,13,16H,11-12H2,1-5H3,(H,28,29)(H,31,32). The van der Waals surface area contributed by atoms with Gasteiger partial charge < -0.3 is 29.0 Å². The predicted molar refractivity (Wildman–Crippen MR) is 387 cm³/mol. The van der Waals surface area contributed by atoms with Gasteiger partial charge in [0.15, 0.2) is 0 Å². The average molecular weight is 1350 g/mol. The SMILES string of the molecule is Cc1cc(-n2c(C(C)C)c(C3CC(C)(C(=O)O)C3)c3cc4n[nH]c(C)c4cc32)ccc1F.Cc1cc(-n2c(C(C)C)c(C3CC4(CC(C(=O)O)C4)C3)c3cc4n[nH]c(C)c4cc32)ccc1F.Cc1cc(-n2c(C(C)C)c(C3CC4(CC(C(=O)O)C4)C3)c3cc4n[nH]c(C)c4cc32)ccc1F. The first-order valence-electron chi connectivity index (χ1n) is 35.5. The van der Waals surface area contributed by atoms with Crippen LogP contribution in [0, 0.1) is 87.1 Å². The van der Waals surface area contributed by atoms with Crippen molar-refractivity contribution in [2.24, 2.45) is 28.1 Å². The number of aromatic amines is 3. The normalized spacial score (nSPS) is 23.1. The van der Waals surface area contributed by atoms with Gasteiger partial charge in [0, 0.05) is 83.5 Å². The first-order chi connectivity index (χ1) is 47.4. The van der Waals surface area contributed by atoms with Crippen LogP contribution in [0.2, 0.25) is 0 Å². The third kappa shape index (κ3) is 10.6. The lowest BCUT2D eigenvalue weighted by Gasteiger charge is -2.57. The number of rotatable bonds is 12. The minimum atomic E-state index is -0.733. The van der Waals surface area contributed by atoms with Gasteiger partial charge in [-0.3, -0.25) is 29.7 Å². The number of hydrogen-bond donors (Lipinski definition) is 6. The number of nitrogens with one attached hydrogen (secondary N) is 3. The van der Waals surface area contributed by atoms with E-state index in [0.717, 1.165) is 146 Å². The predicted octanol–water partition coefficient (Wildman–Crippen LogP) is 19.8. The molecule has 6 aromatic heterocycles. The fraction of sp³-hybridized carbons (Fsp3) is 0.415. The number of aliphatic carboxylic acids is 3. The van der Waals surface area contributed by atoms with Gasteiger partial charge in [-0.15, -0.1) is 0 Å². The second-order valence-electron chi connectivity index (χ2n) is 31.9. The summed E-state index contributed by atoms with van der Waals surface area (Å²) < 4.78 is 49.3. The monoisotopic (exact) mass is 1350 g/mol. The fourth-order valence-electron chi connectivity index (χ4n) is 18.8. The molecule has 0 bridgehead atoms. The summed E-state index contributed by atoms with van der Waals surface area (Å²) in [6, 6.07) is 29.1. The highest BCUT2D eigenvalue weighted by molar-refractivity contribution is 6.03. The van der Waals surface area contributed by atoms with Crippen molar-refractivity contribution in [3.05, 3.63) is 176 Å². The molecular weight excluding hydrogens is 1260 g/mol. The molecule has 100 heavy (non-hydrogen) atoms. The van der Waals surface area contributed by atoms with Crippen molar-refractivity contribution in [2.45, 2.75) is 190 Å². The van der Waals surface area contributed by atoms with Crippen molar-refractivity contribution in [2.75, 3.05) is 0 Å². The lowest BCUT2D eigenvalue weighted by atomic mass is 9.47. The number of carboxylic acid groups (broad SMARTS) is 3. The Hall–Kier alpha value is -9.45. The summed E-state index contributed by atoms with van der Waals surface area (Å²) in [6.07, 6.45) is 8.57. The number of carboxylic acids is 3. The van der Waals surface area contributed by atoms with Gasteiger partial charge in [0.2, 0.25) is 0 Å². The van der Waals surface area contributed by atoms with E-state index in [1.807, 2.05) is 77.9 Å². The van der Waals surface area contributed by atoms with Crippen molar-refractivity contribution in [3.8, 4) is 17.1 Å². The molecule has 18 heteroatoms. The Morgan fingerprint density at radius 1 is 0.420 bits per heavy atom. The summed E-state index contributed by atoms with van der Waals surface area (Å²) in [6.45, 7) is 26.5. The first-order valence-corrected chi connectivity index (χ1v) is 35.5. The second kappa shape index (κ2) is 23.9. The van der Waals surface area contributed by atoms with Gasteiger partial charge in [-0.1, -0.05) is 41.5 Å². The summed E-state index contributed by atoms with van der Waals surface area (Å²) in [7, 11) is 0. The van der Waals surface area contributed by atoms with Crippen LogP contribution in [-0.2, 0) is 14.4 Å². The van der Waals surface area contributed by atoms with E-state index in [0.29, 0.717) is 41.4 Å². The number of hydrogen-bond acceptors (Lipinski definition) is 6. The Bertz CT molecular complexity index is 5140. The summed E-state index contributed by atoms with van der Waals surface area (Å²) in [5.41, 5.74) is 21.2. The van der Waals surface area contributed by atoms with Crippen LogP contribution in [0.4, 0.5) is 13.2 Å². The second-order valence-corrected chi connectivity index (χ2v) is 31.9. The first kappa shape index (κ1) is 66.4. The molecule has 6 heterocycles. The smallest absolute Gasteiger partial charge is 0.309 e. The molecule has 0 radical (unpaired) electrons. The zero-order chi connectivity index (χ0) is 70.8. The van der Waals surface area contributed by atoms with Crippen LogP contribution in [0.5, 0.6) is 0 Å². The summed E-state index contributed by atoms with van der Waals surface area (Å²) >= 11 is 0. The molecule has 5 aliphatic carbocycles. The van der Waals surface area contributed by atoms with Gasteiger partial charge in [0.1, 0.15) is 17.5 Å². The van der Waals surface area contributed by atoms with Crippen molar-refractivity contribution in [3.63, 3.8) is 0 Å².